The summed E-state index contributed by atoms with van der Waals surface area (Å²) in [6.07, 6.45) is 1.69. The maximum absolute atomic E-state index is 13.4. The Labute approximate surface area is 111 Å². The molecule has 0 unspecified atom stereocenters. The van der Waals surface area contributed by atoms with Crippen LogP contribution >= 0.6 is 0 Å². The fourth-order valence-electron chi connectivity index (χ4n) is 1.65. The summed E-state index contributed by atoms with van der Waals surface area (Å²) in [6.45, 7) is -0.118. The lowest BCUT2D eigenvalue weighted by molar-refractivity contribution is -0.152. The molecule has 0 heterocycles. The van der Waals surface area contributed by atoms with Crippen LogP contribution in [0.25, 0.3) is 0 Å². The lowest BCUT2D eigenvalue weighted by Crippen LogP contribution is -2.31. The zero-order chi connectivity index (χ0) is 13.8. The maximum Gasteiger partial charge on any atom is 0.309 e. The summed E-state index contributed by atoms with van der Waals surface area (Å²) < 4.78 is 18.3. The molecular formula is C14H16FNO3. The van der Waals surface area contributed by atoms with Crippen molar-refractivity contribution in [2.75, 3.05) is 13.7 Å². The molecule has 1 amide bonds. The van der Waals surface area contributed by atoms with Gasteiger partial charge in [-0.25, -0.2) is 4.39 Å². The number of carbonyl (C=O) groups is 2. The second-order valence-electron chi connectivity index (χ2n) is 4.72. The van der Waals surface area contributed by atoms with Crippen LogP contribution in [0.5, 0.6) is 0 Å². The first-order valence-corrected chi connectivity index (χ1v) is 6.22. The van der Waals surface area contributed by atoms with E-state index in [1.54, 1.807) is 25.2 Å². The maximum atomic E-state index is 13.4. The second kappa shape index (κ2) is 5.82. The molecule has 0 atom stereocenters. The summed E-state index contributed by atoms with van der Waals surface area (Å²) in [5, 5.41) is 0. The highest BCUT2D eigenvalue weighted by atomic mass is 19.1. The van der Waals surface area contributed by atoms with Crippen molar-refractivity contribution in [3.63, 3.8) is 0 Å². The van der Waals surface area contributed by atoms with E-state index in [-0.39, 0.29) is 36.8 Å². The van der Waals surface area contributed by atoms with Crippen LogP contribution in [0, 0.1) is 11.7 Å². The third-order valence-corrected chi connectivity index (χ3v) is 3.04. The Bertz CT molecular complexity index is 485. The van der Waals surface area contributed by atoms with Gasteiger partial charge in [0, 0.05) is 19.2 Å². The van der Waals surface area contributed by atoms with Crippen LogP contribution in [0.4, 0.5) is 4.39 Å². The summed E-state index contributed by atoms with van der Waals surface area (Å²) in [5.41, 5.74) is 0.437. The number of carbonyl (C=O) groups excluding carboxylic acids is 2. The molecule has 19 heavy (non-hydrogen) atoms. The summed E-state index contributed by atoms with van der Waals surface area (Å²) in [6, 6.07) is 6.28. The molecule has 0 bridgehead atoms. The van der Waals surface area contributed by atoms with Crippen molar-refractivity contribution < 1.29 is 18.7 Å². The van der Waals surface area contributed by atoms with Crippen LogP contribution in [0.3, 0.4) is 0 Å². The number of rotatable bonds is 5. The average Bonchev–Trinajstić information content (AvgIpc) is 3.22. The first kappa shape index (κ1) is 13.5. The number of hydrogen-bond donors (Lipinski definition) is 0. The predicted octanol–water partition coefficient (Wildman–Crippen LogP) is 1.74. The third kappa shape index (κ3) is 3.77. The molecule has 0 radical (unpaired) electrons. The van der Waals surface area contributed by atoms with Crippen LogP contribution in [0.15, 0.2) is 24.3 Å². The van der Waals surface area contributed by atoms with Crippen molar-refractivity contribution in [2.45, 2.75) is 19.4 Å². The Kier molecular flexibility index (Phi) is 4.14. The highest BCUT2D eigenvalue weighted by Crippen LogP contribution is 2.29. The molecule has 0 aliphatic heterocycles. The largest absolute Gasteiger partial charge is 0.455 e. The predicted molar refractivity (Wildman–Crippen MR) is 66.6 cm³/mol. The van der Waals surface area contributed by atoms with Gasteiger partial charge in [0.2, 0.25) is 0 Å². The molecule has 2 rings (SSSR count). The van der Waals surface area contributed by atoms with Crippen molar-refractivity contribution in [3.8, 4) is 0 Å². The quantitative estimate of drug-likeness (QED) is 0.762. The number of nitrogens with zero attached hydrogens (tertiary/aromatic N) is 1. The Morgan fingerprint density at radius 3 is 2.68 bits per heavy atom. The zero-order valence-corrected chi connectivity index (χ0v) is 10.8. The topological polar surface area (TPSA) is 46.6 Å². The number of benzene rings is 1. The summed E-state index contributed by atoms with van der Waals surface area (Å²) in [4.78, 5) is 24.4. The fourth-order valence-corrected chi connectivity index (χ4v) is 1.65. The van der Waals surface area contributed by atoms with Crippen molar-refractivity contribution in [1.29, 1.82) is 0 Å². The highest BCUT2D eigenvalue weighted by molar-refractivity contribution is 5.82. The fraction of sp³-hybridized carbons (Fsp3) is 0.429. The molecule has 1 aromatic rings. The van der Waals surface area contributed by atoms with Crippen LogP contribution in [0.2, 0.25) is 0 Å². The Hall–Kier alpha value is -1.91. The highest BCUT2D eigenvalue weighted by Gasteiger charge is 2.31. The number of halogens is 1. The van der Waals surface area contributed by atoms with Crippen molar-refractivity contribution >= 4 is 11.9 Å². The van der Waals surface area contributed by atoms with Gasteiger partial charge in [-0.2, -0.15) is 0 Å². The van der Waals surface area contributed by atoms with E-state index in [4.69, 9.17) is 4.74 Å². The molecule has 1 aliphatic carbocycles. The SMILES string of the molecule is CN(Cc1ccccc1F)C(=O)COC(=O)C1CC1. The standard InChI is InChI=1S/C14H16FNO3/c1-16(8-11-4-2-3-5-12(11)15)13(17)9-19-14(18)10-6-7-10/h2-5,10H,6-9H2,1H3. The van der Waals surface area contributed by atoms with Crippen molar-refractivity contribution in [2.24, 2.45) is 5.92 Å². The Balaban J connectivity index is 1.81. The van der Waals surface area contributed by atoms with Gasteiger partial charge in [0.05, 0.1) is 5.92 Å². The van der Waals surface area contributed by atoms with Gasteiger partial charge in [-0.15, -0.1) is 0 Å². The lowest BCUT2D eigenvalue weighted by Gasteiger charge is -2.17. The van der Waals surface area contributed by atoms with Crippen LogP contribution in [-0.2, 0) is 20.9 Å². The average molecular weight is 265 g/mol. The van der Waals surface area contributed by atoms with Crippen molar-refractivity contribution in [3.05, 3.63) is 35.6 Å². The molecule has 0 spiro atoms. The van der Waals surface area contributed by atoms with Gasteiger partial charge < -0.3 is 9.64 Å². The van der Waals surface area contributed by atoms with Gasteiger partial charge >= 0.3 is 5.97 Å². The van der Waals surface area contributed by atoms with Crippen LogP contribution in [-0.4, -0.2) is 30.4 Å². The first-order valence-electron chi connectivity index (χ1n) is 6.22. The van der Waals surface area contributed by atoms with E-state index in [9.17, 15) is 14.0 Å². The van der Waals surface area contributed by atoms with Gasteiger partial charge in [-0.3, -0.25) is 9.59 Å². The zero-order valence-electron chi connectivity index (χ0n) is 10.8. The van der Waals surface area contributed by atoms with E-state index in [1.807, 2.05) is 0 Å². The first-order chi connectivity index (χ1) is 9.08. The van der Waals surface area contributed by atoms with E-state index in [1.165, 1.54) is 11.0 Å². The molecule has 1 fully saturated rings. The second-order valence-corrected chi connectivity index (χ2v) is 4.72. The summed E-state index contributed by atoms with van der Waals surface area (Å²) in [5.74, 6) is -1.02. The minimum Gasteiger partial charge on any atom is -0.455 e. The number of hydrogen-bond acceptors (Lipinski definition) is 3. The summed E-state index contributed by atoms with van der Waals surface area (Å²) >= 11 is 0. The van der Waals surface area contributed by atoms with Gasteiger partial charge in [0.15, 0.2) is 6.61 Å². The molecule has 0 aromatic heterocycles. The van der Waals surface area contributed by atoms with E-state index in [2.05, 4.69) is 0 Å². The number of likely N-dealkylation sites (N-methyl/N-ethyl adjacent to an activating group) is 1. The molecule has 4 nitrogen and oxygen atoms in total. The van der Waals surface area contributed by atoms with Gasteiger partial charge in [-0.05, 0) is 18.9 Å². The monoisotopic (exact) mass is 265 g/mol. The molecule has 0 N–H and O–H groups in total. The third-order valence-electron chi connectivity index (χ3n) is 3.04. The van der Waals surface area contributed by atoms with Crippen molar-refractivity contribution in [1.82, 2.24) is 4.90 Å². The molecule has 0 saturated heterocycles. The van der Waals surface area contributed by atoms with Gasteiger partial charge in [0.25, 0.3) is 5.91 Å². The molecule has 1 aliphatic rings. The minimum atomic E-state index is -0.350. The molecular weight excluding hydrogens is 249 g/mol. The van der Waals surface area contributed by atoms with E-state index < -0.39 is 0 Å². The van der Waals surface area contributed by atoms with E-state index in [0.29, 0.717) is 5.56 Å². The molecule has 102 valence electrons. The Morgan fingerprint density at radius 2 is 2.05 bits per heavy atom. The Morgan fingerprint density at radius 1 is 1.37 bits per heavy atom. The van der Waals surface area contributed by atoms with E-state index >= 15 is 0 Å². The summed E-state index contributed by atoms with van der Waals surface area (Å²) in [7, 11) is 1.56. The molecule has 1 saturated carbocycles. The van der Waals surface area contributed by atoms with Gasteiger partial charge in [-0.1, -0.05) is 18.2 Å². The smallest absolute Gasteiger partial charge is 0.309 e. The van der Waals surface area contributed by atoms with E-state index in [0.717, 1.165) is 12.8 Å². The lowest BCUT2D eigenvalue weighted by atomic mass is 10.2. The van der Waals surface area contributed by atoms with Crippen LogP contribution < -0.4 is 0 Å². The molecule has 5 heteroatoms. The number of esters is 1. The normalized spacial score (nSPS) is 14.0. The minimum absolute atomic E-state index is 0.0235. The number of ether oxygens (including phenoxy) is 1. The van der Waals surface area contributed by atoms with Crippen LogP contribution in [0.1, 0.15) is 18.4 Å². The van der Waals surface area contributed by atoms with Gasteiger partial charge in [0.1, 0.15) is 5.82 Å². The molecule has 1 aromatic carbocycles. The number of amides is 1.